The van der Waals surface area contributed by atoms with Crippen molar-refractivity contribution in [2.75, 3.05) is 46.1 Å². The minimum absolute atomic E-state index is 0.0231. The highest BCUT2D eigenvalue weighted by Gasteiger charge is 2.06. The summed E-state index contributed by atoms with van der Waals surface area (Å²) in [4.78, 5) is 53.8. The van der Waals surface area contributed by atoms with Crippen LogP contribution in [0, 0.1) is 5.92 Å². The lowest BCUT2D eigenvalue weighted by atomic mass is 10.1. The van der Waals surface area contributed by atoms with Gasteiger partial charge in [0.1, 0.15) is 18.9 Å². The molecule has 1 aromatic carbocycles. The van der Waals surface area contributed by atoms with Gasteiger partial charge < -0.3 is 41.9 Å². The zero-order valence-corrected chi connectivity index (χ0v) is 28.1. The lowest BCUT2D eigenvalue weighted by Crippen LogP contribution is -2.31. The van der Waals surface area contributed by atoms with Gasteiger partial charge in [0.15, 0.2) is 0 Å². The molecule has 7 N–H and O–H groups in total. The van der Waals surface area contributed by atoms with Gasteiger partial charge >= 0.3 is 0 Å². The molecule has 0 saturated heterocycles. The predicted octanol–water partition coefficient (Wildman–Crippen LogP) is 3.24. The maximum Gasteiger partial charge on any atom is 0.246 e. The van der Waals surface area contributed by atoms with E-state index in [2.05, 4.69) is 42.1 Å². The van der Waals surface area contributed by atoms with E-state index in [4.69, 9.17) is 5.73 Å². The van der Waals surface area contributed by atoms with Crippen LogP contribution in [-0.4, -0.2) is 82.4 Å². The first kappa shape index (κ1) is 47.3. The summed E-state index contributed by atoms with van der Waals surface area (Å²) in [5.74, 6) is 0.0687. The molecule has 2 amide bonds. The fourth-order valence-electron chi connectivity index (χ4n) is 2.95. The molecule has 44 heavy (non-hydrogen) atoms. The van der Waals surface area contributed by atoms with Gasteiger partial charge in [-0.1, -0.05) is 52.8 Å². The Morgan fingerprint density at radius 2 is 1.64 bits per heavy atom. The number of likely N-dealkylation sites (N-methyl/N-ethyl adjacent to an activating group) is 2. The van der Waals surface area contributed by atoms with Crippen LogP contribution in [0.5, 0.6) is 0 Å². The Balaban J connectivity index is -0.000000250. The van der Waals surface area contributed by atoms with E-state index in [1.165, 1.54) is 31.2 Å². The summed E-state index contributed by atoms with van der Waals surface area (Å²) in [6.07, 6.45) is 12.0. The molecule has 0 aliphatic carbocycles. The molecule has 0 bridgehead atoms. The van der Waals surface area contributed by atoms with Crippen LogP contribution in [0.25, 0.3) is 0 Å². The standard InChI is InChI=1S/C11H17NO3.C10H14N2O.C6H13NO.C5H11N.CH5N/c1-12(11(15)7-6-10-14)8-4-2-3-5-9-13;1-2-8-3-5-9(6-4-8)12-10(13)7-11;1-5(2)6(4-8)7-3;1-3-5-6-4-2;1-2/h6-7,9-10H,2-5,8H2,1H3;3-6H,2,7,11H2,1H3,(H,12,13);4-7H,1-3H3;4,6H,2-3,5H2,1H3;2H2,1H3/b7-6-;;;;. The van der Waals surface area contributed by atoms with Crippen molar-refractivity contribution in [2.45, 2.75) is 72.3 Å². The first-order chi connectivity index (χ1) is 21.1. The molecule has 0 aromatic heterocycles. The number of amides is 2. The smallest absolute Gasteiger partial charge is 0.246 e. The molecular formula is C33H60N6O5. The van der Waals surface area contributed by atoms with Crippen molar-refractivity contribution >= 4 is 36.4 Å². The van der Waals surface area contributed by atoms with Crippen molar-refractivity contribution in [1.29, 1.82) is 0 Å². The molecule has 0 spiro atoms. The van der Waals surface area contributed by atoms with Gasteiger partial charge in [0.05, 0.1) is 12.6 Å². The summed E-state index contributed by atoms with van der Waals surface area (Å²) in [5.41, 5.74) is 11.7. The fraction of sp³-hybridized carbons (Fsp3) is 0.545. The van der Waals surface area contributed by atoms with Crippen LogP contribution >= 0.6 is 0 Å². The second-order valence-electron chi connectivity index (χ2n) is 9.43. The van der Waals surface area contributed by atoms with Crippen LogP contribution in [0.15, 0.2) is 49.2 Å². The molecule has 1 aromatic rings. The number of hydrogen-bond donors (Lipinski definition) is 5. The van der Waals surface area contributed by atoms with E-state index in [-0.39, 0.29) is 24.4 Å². The molecule has 1 unspecified atom stereocenters. The number of allylic oxidation sites excluding steroid dienone is 1. The fourth-order valence-corrected chi connectivity index (χ4v) is 2.95. The van der Waals surface area contributed by atoms with Crippen LogP contribution in [0.3, 0.4) is 0 Å². The summed E-state index contributed by atoms with van der Waals surface area (Å²) in [6, 6.07) is 7.77. The summed E-state index contributed by atoms with van der Waals surface area (Å²) < 4.78 is 0. The first-order valence-electron chi connectivity index (χ1n) is 15.1. The topological polar surface area (TPSA) is 177 Å². The molecule has 0 heterocycles. The van der Waals surface area contributed by atoms with Crippen molar-refractivity contribution < 1.29 is 24.0 Å². The Morgan fingerprint density at radius 1 is 1.02 bits per heavy atom. The minimum Gasteiger partial charge on any atom is -0.391 e. The third-order valence-corrected chi connectivity index (χ3v) is 5.58. The quantitative estimate of drug-likeness (QED) is 0.0994. The molecule has 0 radical (unpaired) electrons. The summed E-state index contributed by atoms with van der Waals surface area (Å²) >= 11 is 0. The van der Waals surface area contributed by atoms with E-state index >= 15 is 0 Å². The van der Waals surface area contributed by atoms with Gasteiger partial charge in [-0.25, -0.2) is 0 Å². The number of aryl methyl sites for hydroxylation is 1. The Hall–Kier alpha value is -3.67. The molecule has 0 aliphatic heterocycles. The SMILES string of the molecule is C=CNCCC.CCc1ccc(NC(=O)CN)cc1.CN.CN(CCCCCC=O)C(=O)/C=C\C=O.CNC(C=O)C(C)C. The number of carbonyl (C=O) groups is 5. The van der Waals surface area contributed by atoms with Gasteiger partial charge in [0.2, 0.25) is 11.8 Å². The lowest BCUT2D eigenvalue weighted by molar-refractivity contribution is -0.125. The number of anilines is 1. The van der Waals surface area contributed by atoms with Crippen LogP contribution in [0.4, 0.5) is 5.69 Å². The molecule has 1 atom stereocenters. The first-order valence-corrected chi connectivity index (χ1v) is 15.1. The summed E-state index contributed by atoms with van der Waals surface area (Å²) in [6.45, 7) is 13.4. The molecule has 0 fully saturated rings. The maximum atomic E-state index is 11.2. The Morgan fingerprint density at radius 3 is 2.00 bits per heavy atom. The zero-order chi connectivity index (χ0) is 34.6. The number of carbonyl (C=O) groups excluding carboxylic acids is 5. The number of nitrogens with one attached hydrogen (secondary N) is 3. The number of rotatable bonds is 17. The largest absolute Gasteiger partial charge is 0.391 e. The van der Waals surface area contributed by atoms with Crippen molar-refractivity contribution in [3.8, 4) is 0 Å². The molecule has 1 rings (SSSR count). The summed E-state index contributed by atoms with van der Waals surface area (Å²) in [7, 11) is 4.98. The van der Waals surface area contributed by atoms with Gasteiger partial charge in [-0.3, -0.25) is 14.4 Å². The monoisotopic (exact) mass is 620 g/mol. The lowest BCUT2D eigenvalue weighted by Gasteiger charge is -2.14. The third-order valence-electron chi connectivity index (χ3n) is 5.58. The normalized spacial score (nSPS) is 10.0. The second kappa shape index (κ2) is 37.4. The Labute approximate surface area is 266 Å². The van der Waals surface area contributed by atoms with Crippen LogP contribution in [0.1, 0.15) is 65.4 Å². The van der Waals surface area contributed by atoms with Gasteiger partial charge in [0.25, 0.3) is 0 Å². The number of hydrogen-bond acceptors (Lipinski definition) is 9. The zero-order valence-electron chi connectivity index (χ0n) is 28.1. The van der Waals surface area contributed by atoms with Gasteiger partial charge in [-0.2, -0.15) is 0 Å². The molecular weight excluding hydrogens is 560 g/mol. The third kappa shape index (κ3) is 32.8. The van der Waals surface area contributed by atoms with E-state index in [1.807, 2.05) is 38.1 Å². The van der Waals surface area contributed by atoms with E-state index in [0.717, 1.165) is 50.5 Å². The molecule has 0 aliphatic rings. The number of aldehydes is 3. The predicted molar refractivity (Wildman–Crippen MR) is 183 cm³/mol. The molecule has 11 heteroatoms. The average Bonchev–Trinajstić information content (AvgIpc) is 3.05. The minimum atomic E-state index is -0.169. The van der Waals surface area contributed by atoms with E-state index in [0.29, 0.717) is 25.2 Å². The van der Waals surface area contributed by atoms with Crippen molar-refractivity contribution in [1.82, 2.24) is 15.5 Å². The summed E-state index contributed by atoms with van der Waals surface area (Å²) in [5, 5.41) is 8.52. The Kier molecular flexibility index (Phi) is 40.1. The highest BCUT2D eigenvalue weighted by Crippen LogP contribution is 2.09. The average molecular weight is 621 g/mol. The van der Waals surface area contributed by atoms with Crippen molar-refractivity contribution in [2.24, 2.45) is 17.4 Å². The van der Waals surface area contributed by atoms with Gasteiger partial charge in [0, 0.05) is 38.3 Å². The van der Waals surface area contributed by atoms with Crippen LogP contribution < -0.4 is 27.4 Å². The number of nitrogens with zero attached hydrogens (tertiary/aromatic N) is 1. The van der Waals surface area contributed by atoms with E-state index < -0.39 is 0 Å². The van der Waals surface area contributed by atoms with Crippen molar-refractivity contribution in [3.63, 3.8) is 0 Å². The Bertz CT molecular complexity index is 876. The van der Waals surface area contributed by atoms with E-state index in [1.54, 1.807) is 25.2 Å². The number of benzene rings is 1. The van der Waals surface area contributed by atoms with Gasteiger partial charge in [-0.15, -0.1) is 0 Å². The number of nitrogens with two attached hydrogens (primary N) is 2. The van der Waals surface area contributed by atoms with Crippen LogP contribution in [0.2, 0.25) is 0 Å². The molecule has 0 saturated carbocycles. The maximum absolute atomic E-state index is 11.2. The van der Waals surface area contributed by atoms with Crippen LogP contribution in [-0.2, 0) is 30.4 Å². The molecule has 11 nitrogen and oxygen atoms in total. The number of unbranched alkanes of at least 4 members (excludes halogenated alkanes) is 3. The van der Waals surface area contributed by atoms with E-state index in [9.17, 15) is 24.0 Å². The van der Waals surface area contributed by atoms with Gasteiger partial charge in [-0.05, 0) is 75.7 Å². The highest BCUT2D eigenvalue weighted by atomic mass is 16.2. The molecule has 252 valence electrons. The van der Waals surface area contributed by atoms with Crippen molar-refractivity contribution in [3.05, 3.63) is 54.8 Å². The second-order valence-corrected chi connectivity index (χ2v) is 9.43. The highest BCUT2D eigenvalue weighted by molar-refractivity contribution is 5.92.